The van der Waals surface area contributed by atoms with Gasteiger partial charge >= 0.3 is 5.97 Å². The molecule has 40 heavy (non-hydrogen) atoms. The first-order chi connectivity index (χ1) is 19.2. The van der Waals surface area contributed by atoms with Gasteiger partial charge in [-0.1, -0.05) is 75.5 Å². The maximum Gasteiger partial charge on any atom is 0.328 e. The maximum absolute atomic E-state index is 12.5. The number of hydrogen-bond donors (Lipinski definition) is 4. The zero-order chi connectivity index (χ0) is 29.5. The summed E-state index contributed by atoms with van der Waals surface area (Å²) in [6.07, 6.45) is 13.1. The van der Waals surface area contributed by atoms with Crippen molar-refractivity contribution in [3.05, 3.63) is 35.9 Å². The molecule has 4 atom stereocenters. The molecule has 224 valence electrons. The van der Waals surface area contributed by atoms with Crippen LogP contribution >= 0.6 is 0 Å². The predicted molar refractivity (Wildman–Crippen MR) is 148 cm³/mol. The van der Waals surface area contributed by atoms with Crippen molar-refractivity contribution in [3.63, 3.8) is 0 Å². The number of allylic oxidation sites excluding steroid dienone is 1. The van der Waals surface area contributed by atoms with E-state index in [-0.39, 0.29) is 41.5 Å². The van der Waals surface area contributed by atoms with Gasteiger partial charge in [0.25, 0.3) is 0 Å². The summed E-state index contributed by atoms with van der Waals surface area (Å²) in [5.41, 5.74) is 0.0769. The number of rotatable bonds is 18. The molecule has 1 amide bonds. The standard InChI is InChI=1S/C30H46N2O8/c1-3-4-7-10-23(33)16-14-22-15-18-27(34)24(22)11-8-5-6-9-12-29(36)31-25(30(37)40-2)19-21-13-17-28(35)26(20-21)32(38)39/h13-14,16-17,20,22-25,33,35,38-39H,3-12,15,18-19H2,1-2H3,(H,31,36)/p-1/t22-,23-,24-,25+/m1/s1. The smallest absolute Gasteiger partial charge is 0.328 e. The molecule has 0 spiro atoms. The second-order valence-corrected chi connectivity index (χ2v) is 10.6. The van der Waals surface area contributed by atoms with E-state index in [0.717, 1.165) is 63.9 Å². The van der Waals surface area contributed by atoms with E-state index in [4.69, 9.17) is 4.74 Å². The number of aliphatic hydroxyl groups is 1. The number of benzene rings is 1. The summed E-state index contributed by atoms with van der Waals surface area (Å²) in [5, 5.41) is 42.6. The fourth-order valence-corrected chi connectivity index (χ4v) is 5.20. The second kappa shape index (κ2) is 17.7. The molecule has 0 unspecified atom stereocenters. The van der Waals surface area contributed by atoms with Gasteiger partial charge < -0.3 is 20.3 Å². The van der Waals surface area contributed by atoms with Crippen molar-refractivity contribution in [3.8, 4) is 5.75 Å². The number of esters is 1. The van der Waals surface area contributed by atoms with Crippen LogP contribution in [0, 0.1) is 11.8 Å². The zero-order valence-electron chi connectivity index (χ0n) is 23.7. The molecule has 0 bridgehead atoms. The molecule has 10 nitrogen and oxygen atoms in total. The van der Waals surface area contributed by atoms with Crippen molar-refractivity contribution in [2.45, 2.75) is 103 Å². The van der Waals surface area contributed by atoms with Crippen LogP contribution in [0.5, 0.6) is 5.75 Å². The summed E-state index contributed by atoms with van der Waals surface area (Å²) in [7, 11) is 1.21. The third-order valence-electron chi connectivity index (χ3n) is 7.51. The number of ketones is 1. The maximum atomic E-state index is 12.5. The topological polar surface area (TPSA) is 159 Å². The molecule has 0 aliphatic heterocycles. The Morgan fingerprint density at radius 2 is 1.93 bits per heavy atom. The molecule has 1 aliphatic rings. The fourth-order valence-electron chi connectivity index (χ4n) is 5.20. The van der Waals surface area contributed by atoms with E-state index in [0.29, 0.717) is 24.2 Å². The number of aliphatic hydroxyl groups excluding tert-OH is 1. The number of nitrogens with one attached hydrogen (secondary N) is 1. The zero-order valence-corrected chi connectivity index (χ0v) is 23.7. The Labute approximate surface area is 236 Å². The summed E-state index contributed by atoms with van der Waals surface area (Å²) in [5.74, 6) is -1.07. The molecule has 1 aromatic rings. The molecule has 0 saturated heterocycles. The highest BCUT2D eigenvalue weighted by atomic mass is 16.8. The third-order valence-corrected chi connectivity index (χ3v) is 7.51. The molecule has 1 fully saturated rings. The van der Waals surface area contributed by atoms with E-state index in [9.17, 15) is 35.0 Å². The first kappa shape index (κ1) is 33.3. The third kappa shape index (κ3) is 11.3. The summed E-state index contributed by atoms with van der Waals surface area (Å²) in [6, 6.07) is 2.84. The van der Waals surface area contributed by atoms with E-state index in [1.807, 2.05) is 12.2 Å². The highest BCUT2D eigenvalue weighted by Crippen LogP contribution is 2.34. The number of carbonyl (C=O) groups is 3. The second-order valence-electron chi connectivity index (χ2n) is 10.6. The Kier molecular flexibility index (Phi) is 14.7. The lowest BCUT2D eigenvalue weighted by molar-refractivity contribution is -0.268. The molecule has 1 aromatic carbocycles. The summed E-state index contributed by atoms with van der Waals surface area (Å²) >= 11 is 0. The quantitative estimate of drug-likeness (QED) is 0.0900. The van der Waals surface area contributed by atoms with Gasteiger partial charge in [0.1, 0.15) is 11.8 Å². The minimum absolute atomic E-state index is 0.00291. The summed E-state index contributed by atoms with van der Waals surface area (Å²) in [6.45, 7) is 2.13. The number of Topliss-reactive ketones (excluding diaryl/α,β-unsaturated/α-hetero) is 1. The van der Waals surface area contributed by atoms with Gasteiger partial charge in [0.05, 0.1) is 18.9 Å². The monoisotopic (exact) mass is 561 g/mol. The van der Waals surface area contributed by atoms with Crippen LogP contribution in [-0.4, -0.2) is 52.4 Å². The number of hydrogen-bond acceptors (Lipinski definition) is 9. The van der Waals surface area contributed by atoms with Crippen LogP contribution in [0.2, 0.25) is 0 Å². The molecule has 4 N–H and O–H groups in total. The van der Waals surface area contributed by atoms with Crippen molar-refractivity contribution in [2.75, 3.05) is 12.3 Å². The minimum Gasteiger partial charge on any atom is -0.871 e. The molecule has 1 saturated carbocycles. The van der Waals surface area contributed by atoms with Gasteiger partial charge in [-0.3, -0.25) is 20.0 Å². The lowest BCUT2D eigenvalue weighted by atomic mass is 9.89. The van der Waals surface area contributed by atoms with Gasteiger partial charge in [-0.2, -0.15) is 0 Å². The van der Waals surface area contributed by atoms with Crippen molar-refractivity contribution < 1.29 is 39.7 Å². The van der Waals surface area contributed by atoms with Crippen LogP contribution in [0.25, 0.3) is 0 Å². The molecule has 1 aliphatic carbocycles. The van der Waals surface area contributed by atoms with E-state index >= 15 is 0 Å². The number of ether oxygens (including phenoxy) is 1. The Balaban J connectivity index is 1.74. The highest BCUT2D eigenvalue weighted by molar-refractivity contribution is 5.85. The van der Waals surface area contributed by atoms with Crippen LogP contribution < -0.4 is 15.6 Å². The van der Waals surface area contributed by atoms with Gasteiger partial charge in [-0.05, 0) is 43.2 Å². The van der Waals surface area contributed by atoms with Gasteiger partial charge in [0, 0.05) is 25.2 Å². The van der Waals surface area contributed by atoms with Gasteiger partial charge in [-0.15, -0.1) is 5.23 Å². The van der Waals surface area contributed by atoms with E-state index < -0.39 is 23.9 Å². The van der Waals surface area contributed by atoms with Crippen molar-refractivity contribution >= 4 is 23.3 Å². The summed E-state index contributed by atoms with van der Waals surface area (Å²) in [4.78, 5) is 37.1. The largest absolute Gasteiger partial charge is 0.871 e. The van der Waals surface area contributed by atoms with Crippen LogP contribution in [0.15, 0.2) is 30.4 Å². The van der Waals surface area contributed by atoms with E-state index in [1.54, 1.807) is 0 Å². The molecule has 10 heteroatoms. The molecule has 0 radical (unpaired) electrons. The van der Waals surface area contributed by atoms with Crippen molar-refractivity contribution in [1.82, 2.24) is 5.32 Å². The molecule has 2 rings (SSSR count). The lowest BCUT2D eigenvalue weighted by Crippen LogP contribution is -2.43. The van der Waals surface area contributed by atoms with E-state index in [1.165, 1.54) is 19.2 Å². The molecule has 0 heterocycles. The number of nitrogens with zero attached hydrogens (tertiary/aromatic N) is 1. The van der Waals surface area contributed by atoms with Crippen molar-refractivity contribution in [1.29, 1.82) is 0 Å². The molecular formula is C30H45N2O8-. The fraction of sp³-hybridized carbons (Fsp3) is 0.633. The first-order valence-electron chi connectivity index (χ1n) is 14.4. The number of amides is 1. The Hall–Kier alpha value is -2.95. The number of carbonyl (C=O) groups excluding carboxylic acids is 3. The van der Waals surface area contributed by atoms with Crippen LogP contribution in [0.3, 0.4) is 0 Å². The number of anilines is 1. The number of unbranched alkanes of at least 4 members (excludes halogenated alkanes) is 5. The molecular weight excluding hydrogens is 516 g/mol. The average Bonchev–Trinajstić information content (AvgIpc) is 3.28. The SMILES string of the molecule is CCCCC[C@@H](O)C=C[C@@H]1CCC(=O)[C@@H]1CCCCCCC(=O)N[C@@H](Cc1ccc([O-])c(N(O)O)c1)C(=O)OC. The van der Waals surface area contributed by atoms with Crippen LogP contribution in [0.4, 0.5) is 5.69 Å². The van der Waals surface area contributed by atoms with E-state index in [2.05, 4.69) is 12.2 Å². The highest BCUT2D eigenvalue weighted by Gasteiger charge is 2.32. The Morgan fingerprint density at radius 3 is 2.62 bits per heavy atom. The average molecular weight is 562 g/mol. The first-order valence-corrected chi connectivity index (χ1v) is 14.4. The van der Waals surface area contributed by atoms with Gasteiger partial charge in [0.15, 0.2) is 0 Å². The summed E-state index contributed by atoms with van der Waals surface area (Å²) < 4.78 is 4.79. The predicted octanol–water partition coefficient (Wildman–Crippen LogP) is 3.98. The van der Waals surface area contributed by atoms with Crippen LogP contribution in [-0.2, 0) is 25.5 Å². The lowest BCUT2D eigenvalue weighted by Gasteiger charge is -2.20. The Morgan fingerprint density at radius 1 is 1.18 bits per heavy atom. The normalized spacial score (nSPS) is 18.6. The van der Waals surface area contributed by atoms with Crippen molar-refractivity contribution in [2.24, 2.45) is 11.8 Å². The minimum atomic E-state index is -0.989. The van der Waals surface area contributed by atoms with Gasteiger partial charge in [-0.25, -0.2) is 4.79 Å². The van der Waals surface area contributed by atoms with Crippen LogP contribution in [0.1, 0.15) is 89.5 Å². The van der Waals surface area contributed by atoms with Gasteiger partial charge in [0.2, 0.25) is 5.91 Å². The number of methoxy groups -OCH3 is 1. The molecule has 0 aromatic heterocycles. The Bertz CT molecular complexity index is 980.